The predicted molar refractivity (Wildman–Crippen MR) is 111 cm³/mol. The third kappa shape index (κ3) is 3.13. The van der Waals surface area contributed by atoms with Crippen LogP contribution in [0.5, 0.6) is 11.5 Å². The predicted octanol–water partition coefficient (Wildman–Crippen LogP) is 5.64. The van der Waals surface area contributed by atoms with Crippen molar-refractivity contribution in [1.29, 1.82) is 0 Å². The van der Waals surface area contributed by atoms with E-state index in [1.54, 1.807) is 17.7 Å². The van der Waals surface area contributed by atoms with Gasteiger partial charge in [-0.05, 0) is 27.6 Å². The van der Waals surface area contributed by atoms with Crippen LogP contribution in [0.25, 0.3) is 20.7 Å². The van der Waals surface area contributed by atoms with Crippen molar-refractivity contribution in [2.75, 3.05) is 18.5 Å². The van der Waals surface area contributed by atoms with E-state index in [-0.39, 0.29) is 0 Å². The summed E-state index contributed by atoms with van der Waals surface area (Å²) in [5.41, 5.74) is 2.04. The van der Waals surface area contributed by atoms with Gasteiger partial charge in [-0.1, -0.05) is 30.3 Å². The molecule has 5 nitrogen and oxygen atoms in total. The molecule has 2 aromatic carbocycles. The summed E-state index contributed by atoms with van der Waals surface area (Å²) in [6.07, 6.45) is 1.59. The third-order valence-electron chi connectivity index (χ3n) is 4.27. The highest BCUT2D eigenvalue weighted by Crippen LogP contribution is 2.41. The van der Waals surface area contributed by atoms with Crippen molar-refractivity contribution in [3.8, 4) is 21.9 Å². The maximum absolute atomic E-state index is 5.69. The van der Waals surface area contributed by atoms with E-state index in [0.717, 1.165) is 42.6 Å². The maximum atomic E-state index is 5.69. The molecular weight excluding hydrogens is 426 g/mol. The molecule has 0 amide bonds. The molecule has 1 aliphatic rings. The van der Waals surface area contributed by atoms with Crippen LogP contribution < -0.4 is 14.8 Å². The molecule has 0 radical (unpaired) electrons. The van der Waals surface area contributed by atoms with Crippen molar-refractivity contribution < 1.29 is 9.47 Å². The Bertz CT molecular complexity index is 1130. The maximum Gasteiger partial charge on any atom is 0.163 e. The number of nitrogens with one attached hydrogen (secondary N) is 1. The Morgan fingerprint density at radius 2 is 1.74 bits per heavy atom. The van der Waals surface area contributed by atoms with Gasteiger partial charge in [0.15, 0.2) is 11.5 Å². The van der Waals surface area contributed by atoms with Gasteiger partial charge in [0.25, 0.3) is 0 Å². The molecule has 0 saturated carbocycles. The lowest BCUT2D eigenvalue weighted by atomic mass is 10.2. The van der Waals surface area contributed by atoms with Crippen LogP contribution in [-0.4, -0.2) is 23.2 Å². The van der Waals surface area contributed by atoms with Crippen LogP contribution in [0.2, 0.25) is 0 Å². The summed E-state index contributed by atoms with van der Waals surface area (Å²) in [4.78, 5) is 11.0. The van der Waals surface area contributed by atoms with Crippen molar-refractivity contribution >= 4 is 49.0 Å². The average Bonchev–Trinajstić information content (AvgIpc) is 3.15. The first-order valence-electron chi connectivity index (χ1n) is 8.44. The number of thiophene rings is 1. The van der Waals surface area contributed by atoms with E-state index >= 15 is 0 Å². The number of anilines is 2. The summed E-state index contributed by atoms with van der Waals surface area (Å²) in [5, 5.41) is 4.39. The van der Waals surface area contributed by atoms with Crippen molar-refractivity contribution in [3.63, 3.8) is 0 Å². The fourth-order valence-corrected chi connectivity index (χ4v) is 4.41. The average molecular weight is 440 g/mol. The van der Waals surface area contributed by atoms with E-state index in [0.29, 0.717) is 13.2 Å². The topological polar surface area (TPSA) is 56.3 Å². The number of benzene rings is 2. The van der Waals surface area contributed by atoms with Gasteiger partial charge >= 0.3 is 0 Å². The van der Waals surface area contributed by atoms with Crippen LogP contribution in [0.3, 0.4) is 0 Å². The summed E-state index contributed by atoms with van der Waals surface area (Å²) in [6.45, 7) is 1.12. The smallest absolute Gasteiger partial charge is 0.163 e. The van der Waals surface area contributed by atoms with Gasteiger partial charge in [0.1, 0.15) is 30.2 Å². The van der Waals surface area contributed by atoms with Gasteiger partial charge in [0.05, 0.1) is 11.1 Å². The number of aromatic nitrogens is 2. The Kier molecular flexibility index (Phi) is 4.18. The molecule has 27 heavy (non-hydrogen) atoms. The van der Waals surface area contributed by atoms with Crippen LogP contribution >= 0.6 is 27.3 Å². The van der Waals surface area contributed by atoms with Crippen LogP contribution in [-0.2, 0) is 0 Å². The van der Waals surface area contributed by atoms with Gasteiger partial charge in [0, 0.05) is 21.5 Å². The van der Waals surface area contributed by atoms with Crippen LogP contribution in [0.4, 0.5) is 11.5 Å². The zero-order valence-electron chi connectivity index (χ0n) is 14.1. The first-order chi connectivity index (χ1) is 13.3. The number of fused-ring (bicyclic) bond motifs is 2. The van der Waals surface area contributed by atoms with Gasteiger partial charge < -0.3 is 14.8 Å². The summed E-state index contributed by atoms with van der Waals surface area (Å²) in [6, 6.07) is 16.3. The van der Waals surface area contributed by atoms with E-state index < -0.39 is 0 Å². The molecular formula is C20H14BrN3O2S. The first-order valence-corrected chi connectivity index (χ1v) is 10.0. The van der Waals surface area contributed by atoms with Gasteiger partial charge in [-0.3, -0.25) is 0 Å². The summed E-state index contributed by atoms with van der Waals surface area (Å²) >= 11 is 5.25. The van der Waals surface area contributed by atoms with Gasteiger partial charge in [-0.2, -0.15) is 0 Å². The highest BCUT2D eigenvalue weighted by atomic mass is 79.9. The second-order valence-electron chi connectivity index (χ2n) is 6.02. The van der Waals surface area contributed by atoms with Crippen LogP contribution in [0, 0.1) is 0 Å². The van der Waals surface area contributed by atoms with Crippen molar-refractivity contribution in [2.24, 2.45) is 0 Å². The molecule has 1 aliphatic heterocycles. The molecule has 2 aromatic heterocycles. The lowest BCUT2D eigenvalue weighted by molar-refractivity contribution is 0.171. The molecule has 4 aromatic rings. The molecule has 134 valence electrons. The van der Waals surface area contributed by atoms with E-state index in [2.05, 4.69) is 49.4 Å². The Balaban J connectivity index is 1.55. The van der Waals surface area contributed by atoms with E-state index in [4.69, 9.17) is 9.47 Å². The zero-order chi connectivity index (χ0) is 18.2. The highest BCUT2D eigenvalue weighted by molar-refractivity contribution is 9.10. The quantitative estimate of drug-likeness (QED) is 0.447. The molecule has 0 saturated heterocycles. The standard InChI is InChI=1S/C20H14BrN3O2S/c21-14-9-16-17(26-7-6-25-16)10-15(14)24-19-13-8-18(12-4-2-1-3-5-12)27-20(13)23-11-22-19/h1-5,8-11H,6-7H2,(H,22,23,24). The Morgan fingerprint density at radius 1 is 0.963 bits per heavy atom. The Hall–Kier alpha value is -2.64. The Labute approximate surface area is 168 Å². The number of halogens is 1. The first kappa shape index (κ1) is 16.5. The lowest BCUT2D eigenvalue weighted by Crippen LogP contribution is -2.15. The normalized spacial score (nSPS) is 12.9. The number of ether oxygens (including phenoxy) is 2. The lowest BCUT2D eigenvalue weighted by Gasteiger charge is -2.20. The molecule has 1 N–H and O–H groups in total. The molecule has 5 rings (SSSR count). The molecule has 0 spiro atoms. The molecule has 3 heterocycles. The SMILES string of the molecule is Brc1cc2c(cc1Nc1ncnc3sc(-c4ccccc4)cc13)OCCO2. The fourth-order valence-electron chi connectivity index (χ4n) is 2.99. The van der Waals surface area contributed by atoms with Crippen molar-refractivity contribution in [3.05, 3.63) is 59.3 Å². The number of rotatable bonds is 3. The third-order valence-corrected chi connectivity index (χ3v) is 6.02. The highest BCUT2D eigenvalue weighted by Gasteiger charge is 2.17. The van der Waals surface area contributed by atoms with Crippen molar-refractivity contribution in [2.45, 2.75) is 0 Å². The van der Waals surface area contributed by atoms with Gasteiger partial charge in [-0.25, -0.2) is 9.97 Å². The van der Waals surface area contributed by atoms with E-state index in [9.17, 15) is 0 Å². The van der Waals surface area contributed by atoms with Crippen LogP contribution in [0.1, 0.15) is 0 Å². The molecule has 7 heteroatoms. The van der Waals surface area contributed by atoms with E-state index in [1.165, 1.54) is 5.56 Å². The molecule has 0 unspecified atom stereocenters. The minimum atomic E-state index is 0.552. The monoisotopic (exact) mass is 439 g/mol. The molecule has 0 aliphatic carbocycles. The largest absolute Gasteiger partial charge is 0.486 e. The minimum Gasteiger partial charge on any atom is -0.486 e. The fraction of sp³-hybridized carbons (Fsp3) is 0.100. The molecule has 0 fully saturated rings. The number of nitrogens with zero attached hydrogens (tertiary/aromatic N) is 2. The number of hydrogen-bond acceptors (Lipinski definition) is 6. The van der Waals surface area contributed by atoms with Crippen molar-refractivity contribution in [1.82, 2.24) is 9.97 Å². The van der Waals surface area contributed by atoms with Gasteiger partial charge in [-0.15, -0.1) is 11.3 Å². The second kappa shape index (κ2) is 6.83. The van der Waals surface area contributed by atoms with E-state index in [1.807, 2.05) is 30.3 Å². The summed E-state index contributed by atoms with van der Waals surface area (Å²) in [7, 11) is 0. The summed E-state index contributed by atoms with van der Waals surface area (Å²) < 4.78 is 12.2. The molecule has 0 atom stereocenters. The zero-order valence-corrected chi connectivity index (χ0v) is 16.5. The Morgan fingerprint density at radius 3 is 2.56 bits per heavy atom. The second-order valence-corrected chi connectivity index (χ2v) is 7.90. The number of hydrogen-bond donors (Lipinski definition) is 1. The summed E-state index contributed by atoms with van der Waals surface area (Å²) in [5.74, 6) is 2.23. The minimum absolute atomic E-state index is 0.552. The molecule has 0 bridgehead atoms. The van der Waals surface area contributed by atoms with Gasteiger partial charge in [0.2, 0.25) is 0 Å². The van der Waals surface area contributed by atoms with Crippen LogP contribution in [0.15, 0.2) is 59.3 Å².